The van der Waals surface area contributed by atoms with Gasteiger partial charge in [-0.2, -0.15) is 0 Å². The van der Waals surface area contributed by atoms with Gasteiger partial charge >= 0.3 is 0 Å². The summed E-state index contributed by atoms with van der Waals surface area (Å²) < 4.78 is 0.556. The van der Waals surface area contributed by atoms with E-state index in [0.29, 0.717) is 22.0 Å². The molecule has 1 amide bonds. The van der Waals surface area contributed by atoms with Crippen LogP contribution in [0.3, 0.4) is 0 Å². The Morgan fingerprint density at radius 2 is 1.96 bits per heavy atom. The minimum absolute atomic E-state index is 0. The van der Waals surface area contributed by atoms with Crippen LogP contribution in [0, 0.1) is 16.0 Å². The second-order valence-corrected chi connectivity index (χ2v) is 7.20. The average Bonchev–Trinajstić information content (AvgIpc) is 3.08. The topological polar surface area (TPSA) is 75.5 Å². The summed E-state index contributed by atoms with van der Waals surface area (Å²) in [6, 6.07) is 5.02. The Morgan fingerprint density at radius 1 is 1.25 bits per heavy atom. The molecule has 1 atom stereocenters. The molecule has 6 nitrogen and oxygen atoms in total. The van der Waals surface area contributed by atoms with Crippen molar-refractivity contribution in [1.29, 1.82) is 0 Å². The van der Waals surface area contributed by atoms with Crippen LogP contribution in [0.25, 0.3) is 0 Å². The molecule has 1 aromatic carbocycles. The van der Waals surface area contributed by atoms with Crippen LogP contribution in [0.4, 0.5) is 5.69 Å². The Hall–Kier alpha value is -1.18. The van der Waals surface area contributed by atoms with Gasteiger partial charge in [-0.1, -0.05) is 15.9 Å². The molecule has 3 rings (SSSR count). The maximum atomic E-state index is 12.6. The van der Waals surface area contributed by atoms with Gasteiger partial charge in [0.2, 0.25) is 0 Å². The maximum Gasteiger partial charge on any atom is 0.271 e. The fourth-order valence-corrected chi connectivity index (χ4v) is 4.09. The zero-order valence-electron chi connectivity index (χ0n) is 13.2. The molecular weight excluding hydrogens is 398 g/mol. The van der Waals surface area contributed by atoms with Gasteiger partial charge in [0, 0.05) is 41.3 Å². The predicted octanol–water partition coefficient (Wildman–Crippen LogP) is 3.38. The number of nitro groups is 1. The van der Waals surface area contributed by atoms with E-state index in [4.69, 9.17) is 0 Å². The first-order chi connectivity index (χ1) is 11.0. The largest absolute Gasteiger partial charge is 0.339 e. The van der Waals surface area contributed by atoms with Crippen molar-refractivity contribution in [3.63, 3.8) is 0 Å². The van der Waals surface area contributed by atoms with Gasteiger partial charge < -0.3 is 10.2 Å². The number of nitro benzene ring substituents is 1. The van der Waals surface area contributed by atoms with E-state index in [1.165, 1.54) is 25.0 Å². The number of rotatable bonds is 3. The number of carbonyl (C=O) groups is 1. The third kappa shape index (κ3) is 4.26. The molecule has 2 fully saturated rings. The first-order valence-corrected chi connectivity index (χ1v) is 8.81. The standard InChI is InChI=1S/C16H20BrN3O3.ClH/c17-13-8-12(9-14(10-13)20(22)23)16(21)19-6-3-11(4-7-19)15-2-1-5-18-15;/h8-11,15,18H,1-7H2;1H. The lowest BCUT2D eigenvalue weighted by Gasteiger charge is -2.35. The van der Waals surface area contributed by atoms with Gasteiger partial charge in [-0.05, 0) is 44.2 Å². The summed E-state index contributed by atoms with van der Waals surface area (Å²) >= 11 is 3.24. The monoisotopic (exact) mass is 417 g/mol. The number of hydrogen-bond acceptors (Lipinski definition) is 4. The Balaban J connectivity index is 0.00000208. The number of halogens is 2. The zero-order valence-corrected chi connectivity index (χ0v) is 15.6. The van der Waals surface area contributed by atoms with E-state index in [0.717, 1.165) is 32.5 Å². The highest BCUT2D eigenvalue weighted by Gasteiger charge is 2.30. The molecule has 1 unspecified atom stereocenters. The van der Waals surface area contributed by atoms with E-state index >= 15 is 0 Å². The molecule has 132 valence electrons. The number of carbonyl (C=O) groups excluding carboxylic acids is 1. The highest BCUT2D eigenvalue weighted by atomic mass is 79.9. The second kappa shape index (κ2) is 8.27. The summed E-state index contributed by atoms with van der Waals surface area (Å²) in [5, 5.41) is 14.5. The number of hydrogen-bond donors (Lipinski definition) is 1. The van der Waals surface area contributed by atoms with E-state index in [1.807, 2.05) is 4.90 Å². The van der Waals surface area contributed by atoms with Crippen LogP contribution < -0.4 is 5.32 Å². The van der Waals surface area contributed by atoms with Gasteiger partial charge in [0.15, 0.2) is 0 Å². The second-order valence-electron chi connectivity index (χ2n) is 6.29. The van der Waals surface area contributed by atoms with Gasteiger partial charge in [0.1, 0.15) is 0 Å². The van der Waals surface area contributed by atoms with Crippen LogP contribution in [0.1, 0.15) is 36.0 Å². The van der Waals surface area contributed by atoms with E-state index in [-0.39, 0.29) is 24.0 Å². The van der Waals surface area contributed by atoms with E-state index in [1.54, 1.807) is 6.07 Å². The zero-order chi connectivity index (χ0) is 16.4. The molecule has 2 heterocycles. The Labute approximate surface area is 155 Å². The van der Waals surface area contributed by atoms with Crippen LogP contribution in [-0.2, 0) is 0 Å². The summed E-state index contributed by atoms with van der Waals surface area (Å²) in [6.45, 7) is 2.55. The van der Waals surface area contributed by atoms with E-state index in [2.05, 4.69) is 21.2 Å². The molecule has 24 heavy (non-hydrogen) atoms. The number of nitrogens with zero attached hydrogens (tertiary/aromatic N) is 2. The average molecular weight is 419 g/mol. The lowest BCUT2D eigenvalue weighted by molar-refractivity contribution is -0.385. The third-order valence-corrected chi connectivity index (χ3v) is 5.29. The molecule has 0 bridgehead atoms. The molecule has 1 N–H and O–H groups in total. The van der Waals surface area contributed by atoms with E-state index < -0.39 is 4.92 Å². The Bertz CT molecular complexity index is 615. The highest BCUT2D eigenvalue weighted by Crippen LogP contribution is 2.28. The number of non-ortho nitro benzene ring substituents is 1. The molecule has 0 aromatic heterocycles. The normalized spacial score (nSPS) is 21.4. The highest BCUT2D eigenvalue weighted by molar-refractivity contribution is 9.10. The van der Waals surface area contributed by atoms with Crippen molar-refractivity contribution in [3.8, 4) is 0 Å². The lowest BCUT2D eigenvalue weighted by atomic mass is 9.88. The summed E-state index contributed by atoms with van der Waals surface area (Å²) in [6.07, 6.45) is 4.47. The van der Waals surface area contributed by atoms with Gasteiger partial charge in [0.05, 0.1) is 4.92 Å². The van der Waals surface area contributed by atoms with Crippen LogP contribution in [-0.4, -0.2) is 41.4 Å². The Kier molecular flexibility index (Phi) is 6.60. The van der Waals surface area contributed by atoms with Crippen molar-refractivity contribution < 1.29 is 9.72 Å². The Morgan fingerprint density at radius 3 is 2.54 bits per heavy atom. The van der Waals surface area contributed by atoms with Crippen molar-refractivity contribution >= 4 is 39.9 Å². The number of amides is 1. The van der Waals surface area contributed by atoms with Crippen molar-refractivity contribution in [2.45, 2.75) is 31.7 Å². The molecule has 2 saturated heterocycles. The number of likely N-dealkylation sites (tertiary alicyclic amines) is 1. The molecule has 8 heteroatoms. The number of piperidine rings is 1. The van der Waals surface area contributed by atoms with Gasteiger partial charge in [-0.3, -0.25) is 14.9 Å². The van der Waals surface area contributed by atoms with Gasteiger partial charge in [0.25, 0.3) is 11.6 Å². The summed E-state index contributed by atoms with van der Waals surface area (Å²) in [5.74, 6) is 0.519. The molecule has 0 saturated carbocycles. The predicted molar refractivity (Wildman–Crippen MR) is 97.7 cm³/mol. The quantitative estimate of drug-likeness (QED) is 0.603. The van der Waals surface area contributed by atoms with Gasteiger partial charge in [-0.15, -0.1) is 12.4 Å². The SMILES string of the molecule is Cl.O=C(c1cc(Br)cc([N+](=O)[O-])c1)N1CCC(C2CCCN2)CC1. The smallest absolute Gasteiger partial charge is 0.271 e. The number of nitrogens with one attached hydrogen (secondary N) is 1. The molecule has 0 aliphatic carbocycles. The summed E-state index contributed by atoms with van der Waals surface area (Å²) in [7, 11) is 0. The lowest BCUT2D eigenvalue weighted by Crippen LogP contribution is -2.43. The fourth-order valence-electron chi connectivity index (χ4n) is 3.60. The molecule has 0 spiro atoms. The summed E-state index contributed by atoms with van der Waals surface area (Å²) in [4.78, 5) is 24.9. The molecule has 2 aliphatic heterocycles. The van der Waals surface area contributed by atoms with Crippen LogP contribution in [0.5, 0.6) is 0 Å². The van der Waals surface area contributed by atoms with Crippen LogP contribution in [0.15, 0.2) is 22.7 Å². The van der Waals surface area contributed by atoms with Crippen molar-refractivity contribution in [3.05, 3.63) is 38.3 Å². The maximum absolute atomic E-state index is 12.6. The number of benzene rings is 1. The van der Waals surface area contributed by atoms with Crippen LogP contribution >= 0.6 is 28.3 Å². The van der Waals surface area contributed by atoms with Crippen LogP contribution in [0.2, 0.25) is 0 Å². The molecule has 1 aromatic rings. The third-order valence-electron chi connectivity index (χ3n) is 4.83. The minimum Gasteiger partial charge on any atom is -0.339 e. The van der Waals surface area contributed by atoms with Crippen molar-refractivity contribution in [2.75, 3.05) is 19.6 Å². The van der Waals surface area contributed by atoms with Gasteiger partial charge in [-0.25, -0.2) is 0 Å². The minimum atomic E-state index is -0.473. The first kappa shape index (κ1) is 19.1. The van der Waals surface area contributed by atoms with E-state index in [9.17, 15) is 14.9 Å². The van der Waals surface area contributed by atoms with Crippen molar-refractivity contribution in [2.24, 2.45) is 5.92 Å². The molecule has 2 aliphatic rings. The first-order valence-electron chi connectivity index (χ1n) is 8.02. The molecule has 0 radical (unpaired) electrons. The summed E-state index contributed by atoms with van der Waals surface area (Å²) in [5.41, 5.74) is 0.316. The van der Waals surface area contributed by atoms with Crippen molar-refractivity contribution in [1.82, 2.24) is 10.2 Å². The fraction of sp³-hybridized carbons (Fsp3) is 0.562. The molecular formula is C16H21BrClN3O3.